The van der Waals surface area contributed by atoms with Gasteiger partial charge < -0.3 is 15.4 Å². The molecule has 1 aromatic rings. The Labute approximate surface area is 108 Å². The maximum atomic E-state index is 11.8. The summed E-state index contributed by atoms with van der Waals surface area (Å²) in [6.45, 7) is 5.39. The second-order valence-electron chi connectivity index (χ2n) is 4.68. The molecule has 4 nitrogen and oxygen atoms in total. The molecule has 0 radical (unpaired) electrons. The molecule has 0 spiro atoms. The van der Waals surface area contributed by atoms with E-state index in [9.17, 15) is 4.79 Å². The molecule has 1 heterocycles. The van der Waals surface area contributed by atoms with Gasteiger partial charge in [-0.25, -0.2) is 4.79 Å². The summed E-state index contributed by atoms with van der Waals surface area (Å²) < 4.78 is 5.02. The van der Waals surface area contributed by atoms with Gasteiger partial charge in [-0.05, 0) is 44.9 Å². The lowest BCUT2D eigenvalue weighted by molar-refractivity contribution is 0.0527. The van der Waals surface area contributed by atoms with Crippen molar-refractivity contribution in [2.45, 2.75) is 32.7 Å². The highest BCUT2D eigenvalue weighted by Gasteiger charge is 2.22. The molecule has 1 aliphatic rings. The normalized spacial score (nSPS) is 19.0. The lowest BCUT2D eigenvalue weighted by atomic mass is 10.1. The van der Waals surface area contributed by atoms with Crippen molar-refractivity contribution in [3.63, 3.8) is 0 Å². The lowest BCUT2D eigenvalue weighted by Gasteiger charge is -2.24. The van der Waals surface area contributed by atoms with Crippen LogP contribution in [-0.2, 0) is 4.74 Å². The van der Waals surface area contributed by atoms with E-state index in [0.29, 0.717) is 23.9 Å². The fraction of sp³-hybridized carbons (Fsp3) is 0.500. The minimum absolute atomic E-state index is 0.344. The van der Waals surface area contributed by atoms with E-state index in [1.807, 2.05) is 12.1 Å². The lowest BCUT2D eigenvalue weighted by Crippen LogP contribution is -2.26. The highest BCUT2D eigenvalue weighted by Crippen LogP contribution is 2.28. The van der Waals surface area contributed by atoms with Crippen LogP contribution in [-0.4, -0.2) is 25.2 Å². The van der Waals surface area contributed by atoms with Crippen molar-refractivity contribution in [2.75, 3.05) is 23.8 Å². The Hall–Kier alpha value is -1.71. The number of hydrogen-bond donors (Lipinski definition) is 1. The number of benzene rings is 1. The summed E-state index contributed by atoms with van der Waals surface area (Å²) in [4.78, 5) is 14.1. The van der Waals surface area contributed by atoms with E-state index in [1.165, 1.54) is 12.8 Å². The molecule has 0 aliphatic carbocycles. The van der Waals surface area contributed by atoms with E-state index >= 15 is 0 Å². The summed E-state index contributed by atoms with van der Waals surface area (Å²) in [5.74, 6) is -0.344. The van der Waals surface area contributed by atoms with E-state index in [2.05, 4.69) is 11.8 Å². The van der Waals surface area contributed by atoms with E-state index < -0.39 is 0 Å². The molecular formula is C14H20N2O2. The summed E-state index contributed by atoms with van der Waals surface area (Å²) in [6, 6.07) is 6.12. The highest BCUT2D eigenvalue weighted by molar-refractivity contribution is 5.96. The Morgan fingerprint density at radius 2 is 2.33 bits per heavy atom. The number of hydrogen-bond acceptors (Lipinski definition) is 4. The van der Waals surface area contributed by atoms with Crippen LogP contribution < -0.4 is 10.6 Å². The average molecular weight is 248 g/mol. The van der Waals surface area contributed by atoms with Gasteiger partial charge in [-0.15, -0.1) is 0 Å². The quantitative estimate of drug-likeness (QED) is 0.659. The summed E-state index contributed by atoms with van der Waals surface area (Å²) in [6.07, 6.45) is 2.39. The van der Waals surface area contributed by atoms with E-state index in [1.54, 1.807) is 13.0 Å². The van der Waals surface area contributed by atoms with Crippen molar-refractivity contribution < 1.29 is 9.53 Å². The van der Waals surface area contributed by atoms with Gasteiger partial charge in [0.05, 0.1) is 12.2 Å². The van der Waals surface area contributed by atoms with Crippen LogP contribution in [0.4, 0.5) is 11.4 Å². The zero-order valence-electron chi connectivity index (χ0n) is 11.0. The fourth-order valence-electron chi connectivity index (χ4n) is 2.43. The third-order valence-corrected chi connectivity index (χ3v) is 3.42. The van der Waals surface area contributed by atoms with Gasteiger partial charge >= 0.3 is 5.97 Å². The number of rotatable bonds is 3. The van der Waals surface area contributed by atoms with Gasteiger partial charge in [0.1, 0.15) is 0 Å². The molecule has 0 amide bonds. The van der Waals surface area contributed by atoms with Gasteiger partial charge in [0.2, 0.25) is 0 Å². The summed E-state index contributed by atoms with van der Waals surface area (Å²) in [5.41, 5.74) is 7.83. The maximum Gasteiger partial charge on any atom is 0.340 e. The first-order chi connectivity index (χ1) is 8.63. The molecule has 1 atom stereocenters. The number of anilines is 2. The molecule has 1 unspecified atom stereocenters. The van der Waals surface area contributed by atoms with Crippen molar-refractivity contribution in [2.24, 2.45) is 0 Å². The number of carbonyl (C=O) groups is 1. The molecule has 18 heavy (non-hydrogen) atoms. The largest absolute Gasteiger partial charge is 0.462 e. The number of nitrogens with zero attached hydrogens (tertiary/aromatic N) is 1. The predicted molar refractivity (Wildman–Crippen MR) is 72.9 cm³/mol. The maximum absolute atomic E-state index is 11.8. The third kappa shape index (κ3) is 2.42. The minimum Gasteiger partial charge on any atom is -0.462 e. The molecule has 98 valence electrons. The van der Waals surface area contributed by atoms with Crippen molar-refractivity contribution in [1.29, 1.82) is 0 Å². The standard InChI is InChI=1S/C14H20N2O2/c1-3-18-14(17)12-9-11(6-7-13(12)15)16-8-4-5-10(16)2/h6-7,9-10H,3-5,8,15H2,1-2H3. The Kier molecular flexibility index (Phi) is 3.75. The van der Waals surface area contributed by atoms with Gasteiger partial charge in [-0.2, -0.15) is 0 Å². The SMILES string of the molecule is CCOC(=O)c1cc(N2CCCC2C)ccc1N. The number of ether oxygens (including phenoxy) is 1. The van der Waals surface area contributed by atoms with Crippen molar-refractivity contribution in [3.05, 3.63) is 23.8 Å². The summed E-state index contributed by atoms with van der Waals surface area (Å²) in [5, 5.41) is 0. The molecule has 4 heteroatoms. The summed E-state index contributed by atoms with van der Waals surface area (Å²) >= 11 is 0. The molecule has 0 bridgehead atoms. The second kappa shape index (κ2) is 5.29. The van der Waals surface area contributed by atoms with Crippen LogP contribution in [0.15, 0.2) is 18.2 Å². The van der Waals surface area contributed by atoms with Gasteiger partial charge in [-0.3, -0.25) is 0 Å². The van der Waals surface area contributed by atoms with Crippen LogP contribution >= 0.6 is 0 Å². The van der Waals surface area contributed by atoms with Crippen molar-refractivity contribution >= 4 is 17.3 Å². The van der Waals surface area contributed by atoms with Gasteiger partial charge in [-0.1, -0.05) is 0 Å². The molecule has 1 saturated heterocycles. The molecule has 2 rings (SSSR count). The fourth-order valence-corrected chi connectivity index (χ4v) is 2.43. The number of nitrogens with two attached hydrogens (primary N) is 1. The summed E-state index contributed by atoms with van der Waals surface area (Å²) in [7, 11) is 0. The number of nitrogen functional groups attached to an aromatic ring is 1. The first-order valence-electron chi connectivity index (χ1n) is 6.46. The molecule has 2 N–H and O–H groups in total. The Balaban J connectivity index is 2.28. The molecule has 0 saturated carbocycles. The zero-order chi connectivity index (χ0) is 13.1. The van der Waals surface area contributed by atoms with Crippen LogP contribution in [0.2, 0.25) is 0 Å². The van der Waals surface area contributed by atoms with Crippen LogP contribution in [0.5, 0.6) is 0 Å². The van der Waals surface area contributed by atoms with Gasteiger partial charge in [0.25, 0.3) is 0 Å². The van der Waals surface area contributed by atoms with Gasteiger partial charge in [0, 0.05) is 24.0 Å². The molecule has 1 aliphatic heterocycles. The van der Waals surface area contributed by atoms with E-state index in [0.717, 1.165) is 12.2 Å². The minimum atomic E-state index is -0.344. The van der Waals surface area contributed by atoms with Crippen molar-refractivity contribution in [3.8, 4) is 0 Å². The Morgan fingerprint density at radius 1 is 1.56 bits per heavy atom. The third-order valence-electron chi connectivity index (χ3n) is 3.42. The zero-order valence-corrected chi connectivity index (χ0v) is 11.0. The number of esters is 1. The van der Waals surface area contributed by atoms with E-state index in [4.69, 9.17) is 10.5 Å². The molecule has 1 fully saturated rings. The Morgan fingerprint density at radius 3 is 2.94 bits per heavy atom. The number of carbonyl (C=O) groups excluding carboxylic acids is 1. The van der Waals surface area contributed by atoms with Crippen molar-refractivity contribution in [1.82, 2.24) is 0 Å². The Bertz CT molecular complexity index is 445. The van der Waals surface area contributed by atoms with Crippen LogP contribution in [0, 0.1) is 0 Å². The highest BCUT2D eigenvalue weighted by atomic mass is 16.5. The average Bonchev–Trinajstić information content (AvgIpc) is 2.76. The first kappa shape index (κ1) is 12.7. The first-order valence-corrected chi connectivity index (χ1v) is 6.46. The van der Waals surface area contributed by atoms with Crippen LogP contribution in [0.1, 0.15) is 37.0 Å². The monoisotopic (exact) mass is 248 g/mol. The smallest absolute Gasteiger partial charge is 0.340 e. The van der Waals surface area contributed by atoms with Crippen LogP contribution in [0.25, 0.3) is 0 Å². The van der Waals surface area contributed by atoms with Gasteiger partial charge in [0.15, 0.2) is 0 Å². The molecule has 0 aromatic heterocycles. The predicted octanol–water partition coefficient (Wildman–Crippen LogP) is 2.43. The molecular weight excluding hydrogens is 228 g/mol. The topological polar surface area (TPSA) is 55.6 Å². The molecule has 1 aromatic carbocycles. The van der Waals surface area contributed by atoms with Crippen LogP contribution in [0.3, 0.4) is 0 Å². The van der Waals surface area contributed by atoms with E-state index in [-0.39, 0.29) is 5.97 Å². The second-order valence-corrected chi connectivity index (χ2v) is 4.68.